The van der Waals surface area contributed by atoms with Gasteiger partial charge < -0.3 is 9.84 Å². The molecule has 0 amide bonds. The number of aromatic hydroxyl groups is 1. The van der Waals surface area contributed by atoms with Gasteiger partial charge in [0.15, 0.2) is 11.5 Å². The van der Waals surface area contributed by atoms with Gasteiger partial charge in [0, 0.05) is 0 Å². The first-order chi connectivity index (χ1) is 8.06. The molecule has 2 nitrogen and oxygen atoms in total. The first-order valence-corrected chi connectivity index (χ1v) is 5.61. The van der Waals surface area contributed by atoms with Crippen LogP contribution in [0, 0.1) is 20.8 Å². The van der Waals surface area contributed by atoms with E-state index in [1.807, 2.05) is 57.2 Å². The first kappa shape index (κ1) is 11.5. The van der Waals surface area contributed by atoms with Gasteiger partial charge in [-0.15, -0.1) is 0 Å². The quantitative estimate of drug-likeness (QED) is 0.838. The lowest BCUT2D eigenvalue weighted by molar-refractivity contribution is 0.408. The molecule has 0 unspecified atom stereocenters. The molecule has 88 valence electrons. The number of rotatable bonds is 2. The van der Waals surface area contributed by atoms with E-state index in [0.29, 0.717) is 5.75 Å². The molecular weight excluding hydrogens is 212 g/mol. The zero-order valence-electron chi connectivity index (χ0n) is 10.3. The van der Waals surface area contributed by atoms with Crippen LogP contribution in [-0.2, 0) is 0 Å². The molecule has 2 heteroatoms. The standard InChI is InChI=1S/C15H16O2/c1-10-4-6-13(7-5-10)17-14-9-11(2)8-12(3)15(14)16/h4-9,16H,1-3H3. The number of aryl methyl sites for hydroxylation is 3. The van der Waals surface area contributed by atoms with Gasteiger partial charge in [-0.05, 0) is 50.1 Å². The average molecular weight is 228 g/mol. The third-order valence-corrected chi connectivity index (χ3v) is 2.66. The van der Waals surface area contributed by atoms with Gasteiger partial charge in [0.1, 0.15) is 5.75 Å². The van der Waals surface area contributed by atoms with Crippen molar-refractivity contribution in [1.29, 1.82) is 0 Å². The summed E-state index contributed by atoms with van der Waals surface area (Å²) in [5.41, 5.74) is 3.08. The third kappa shape index (κ3) is 2.59. The van der Waals surface area contributed by atoms with E-state index in [-0.39, 0.29) is 5.75 Å². The zero-order valence-corrected chi connectivity index (χ0v) is 10.3. The minimum Gasteiger partial charge on any atom is -0.504 e. The molecule has 2 rings (SSSR count). The molecule has 1 N–H and O–H groups in total. The first-order valence-electron chi connectivity index (χ1n) is 5.61. The van der Waals surface area contributed by atoms with Gasteiger partial charge in [0.05, 0.1) is 0 Å². The van der Waals surface area contributed by atoms with E-state index in [0.717, 1.165) is 16.9 Å². The Morgan fingerprint density at radius 2 is 1.53 bits per heavy atom. The van der Waals surface area contributed by atoms with Gasteiger partial charge in [-0.2, -0.15) is 0 Å². The molecule has 0 aliphatic carbocycles. The van der Waals surface area contributed by atoms with Crippen molar-refractivity contribution in [3.8, 4) is 17.2 Å². The largest absolute Gasteiger partial charge is 0.504 e. The Kier molecular flexibility index (Phi) is 3.05. The predicted octanol–water partition coefficient (Wildman–Crippen LogP) is 4.11. The maximum atomic E-state index is 9.91. The van der Waals surface area contributed by atoms with Crippen molar-refractivity contribution >= 4 is 0 Å². The van der Waals surface area contributed by atoms with Gasteiger partial charge >= 0.3 is 0 Å². The SMILES string of the molecule is Cc1ccc(Oc2cc(C)cc(C)c2O)cc1. The molecule has 2 aromatic rings. The molecule has 0 heterocycles. The summed E-state index contributed by atoms with van der Waals surface area (Å²) in [5.74, 6) is 1.44. The van der Waals surface area contributed by atoms with Crippen LogP contribution in [-0.4, -0.2) is 5.11 Å². The fourth-order valence-corrected chi connectivity index (χ4v) is 1.73. The van der Waals surface area contributed by atoms with Crippen LogP contribution in [0.3, 0.4) is 0 Å². The molecule has 0 bridgehead atoms. The second-order valence-electron chi connectivity index (χ2n) is 4.34. The van der Waals surface area contributed by atoms with Crippen molar-refractivity contribution in [3.05, 3.63) is 53.1 Å². The van der Waals surface area contributed by atoms with Gasteiger partial charge in [-0.25, -0.2) is 0 Å². The number of hydrogen-bond donors (Lipinski definition) is 1. The maximum Gasteiger partial charge on any atom is 0.169 e. The topological polar surface area (TPSA) is 29.5 Å². The van der Waals surface area contributed by atoms with Crippen LogP contribution in [0.15, 0.2) is 36.4 Å². The van der Waals surface area contributed by atoms with Gasteiger partial charge in [-0.3, -0.25) is 0 Å². The van der Waals surface area contributed by atoms with Crippen LogP contribution < -0.4 is 4.74 Å². The lowest BCUT2D eigenvalue weighted by Crippen LogP contribution is -1.88. The highest BCUT2D eigenvalue weighted by molar-refractivity contribution is 5.49. The molecule has 2 aromatic carbocycles. The Labute approximate surface area is 101 Å². The van der Waals surface area contributed by atoms with E-state index in [9.17, 15) is 5.11 Å². The Morgan fingerprint density at radius 1 is 0.882 bits per heavy atom. The van der Waals surface area contributed by atoms with Crippen molar-refractivity contribution in [2.75, 3.05) is 0 Å². The lowest BCUT2D eigenvalue weighted by Gasteiger charge is -2.10. The maximum absolute atomic E-state index is 9.91. The normalized spacial score (nSPS) is 10.3. The minimum absolute atomic E-state index is 0.205. The summed E-state index contributed by atoms with van der Waals surface area (Å²) in [6.07, 6.45) is 0. The molecule has 0 atom stereocenters. The molecule has 17 heavy (non-hydrogen) atoms. The lowest BCUT2D eigenvalue weighted by atomic mass is 10.1. The van der Waals surface area contributed by atoms with Crippen LogP contribution >= 0.6 is 0 Å². The molecule has 0 saturated heterocycles. The minimum atomic E-state index is 0.205. The Morgan fingerprint density at radius 3 is 2.18 bits per heavy atom. The summed E-state index contributed by atoms with van der Waals surface area (Å²) in [4.78, 5) is 0. The van der Waals surface area contributed by atoms with E-state index in [4.69, 9.17) is 4.74 Å². The molecule has 0 saturated carbocycles. The van der Waals surface area contributed by atoms with Gasteiger partial charge in [0.25, 0.3) is 0 Å². The molecular formula is C15H16O2. The van der Waals surface area contributed by atoms with Crippen molar-refractivity contribution < 1.29 is 9.84 Å². The van der Waals surface area contributed by atoms with Crippen LogP contribution in [0.2, 0.25) is 0 Å². The molecule has 0 aromatic heterocycles. The summed E-state index contributed by atoms with van der Waals surface area (Å²) < 4.78 is 5.68. The number of hydrogen-bond acceptors (Lipinski definition) is 2. The Hall–Kier alpha value is -1.96. The predicted molar refractivity (Wildman–Crippen MR) is 68.8 cm³/mol. The number of phenols is 1. The summed E-state index contributed by atoms with van der Waals surface area (Å²) in [5, 5.41) is 9.91. The van der Waals surface area contributed by atoms with E-state index in [1.165, 1.54) is 5.56 Å². The Balaban J connectivity index is 2.32. The summed E-state index contributed by atoms with van der Waals surface area (Å²) >= 11 is 0. The van der Waals surface area contributed by atoms with E-state index in [1.54, 1.807) is 0 Å². The van der Waals surface area contributed by atoms with Gasteiger partial charge in [-0.1, -0.05) is 23.8 Å². The second-order valence-corrected chi connectivity index (χ2v) is 4.34. The van der Waals surface area contributed by atoms with Crippen LogP contribution in [0.25, 0.3) is 0 Å². The molecule has 0 aliphatic rings. The second kappa shape index (κ2) is 4.50. The fourth-order valence-electron chi connectivity index (χ4n) is 1.73. The highest BCUT2D eigenvalue weighted by atomic mass is 16.5. The zero-order chi connectivity index (χ0) is 12.4. The van der Waals surface area contributed by atoms with E-state index < -0.39 is 0 Å². The average Bonchev–Trinajstić information content (AvgIpc) is 2.28. The third-order valence-electron chi connectivity index (χ3n) is 2.66. The Bertz CT molecular complexity index is 527. The number of ether oxygens (including phenoxy) is 1. The number of benzene rings is 2. The molecule has 0 fully saturated rings. The summed E-state index contributed by atoms with van der Waals surface area (Å²) in [6.45, 7) is 5.87. The highest BCUT2D eigenvalue weighted by Gasteiger charge is 2.07. The van der Waals surface area contributed by atoms with Crippen LogP contribution in [0.1, 0.15) is 16.7 Å². The van der Waals surface area contributed by atoms with Crippen molar-refractivity contribution in [1.82, 2.24) is 0 Å². The fraction of sp³-hybridized carbons (Fsp3) is 0.200. The monoisotopic (exact) mass is 228 g/mol. The molecule has 0 spiro atoms. The van der Waals surface area contributed by atoms with E-state index in [2.05, 4.69) is 0 Å². The van der Waals surface area contributed by atoms with Crippen LogP contribution in [0.5, 0.6) is 17.2 Å². The van der Waals surface area contributed by atoms with Gasteiger partial charge in [0.2, 0.25) is 0 Å². The number of phenolic OH excluding ortho intramolecular Hbond substituents is 1. The molecule has 0 radical (unpaired) electrons. The van der Waals surface area contributed by atoms with Crippen molar-refractivity contribution in [2.24, 2.45) is 0 Å². The smallest absolute Gasteiger partial charge is 0.169 e. The summed E-state index contributed by atoms with van der Waals surface area (Å²) in [6, 6.07) is 11.5. The molecule has 0 aliphatic heterocycles. The highest BCUT2D eigenvalue weighted by Crippen LogP contribution is 2.34. The van der Waals surface area contributed by atoms with Crippen molar-refractivity contribution in [2.45, 2.75) is 20.8 Å². The van der Waals surface area contributed by atoms with Crippen molar-refractivity contribution in [3.63, 3.8) is 0 Å². The summed E-state index contributed by atoms with van der Waals surface area (Å²) in [7, 11) is 0. The van der Waals surface area contributed by atoms with Crippen LogP contribution in [0.4, 0.5) is 0 Å². The van der Waals surface area contributed by atoms with E-state index >= 15 is 0 Å².